The minimum Gasteiger partial charge on any atom is -0.393 e. The summed E-state index contributed by atoms with van der Waals surface area (Å²) < 4.78 is 0. The SMILES string of the molecule is CC(O)(CO)CNC(=O)C=Cc1cccc([N+](=O)[O-])c1. The maximum atomic E-state index is 11.5. The van der Waals surface area contributed by atoms with E-state index in [1.165, 1.54) is 37.3 Å². The Bertz CT molecular complexity index is 525. The van der Waals surface area contributed by atoms with E-state index in [-0.39, 0.29) is 12.2 Å². The molecule has 3 N–H and O–H groups in total. The number of nitro groups is 1. The molecule has 1 rings (SSSR count). The molecule has 0 radical (unpaired) electrons. The van der Waals surface area contributed by atoms with Crippen molar-refractivity contribution >= 4 is 17.7 Å². The van der Waals surface area contributed by atoms with E-state index in [2.05, 4.69) is 5.32 Å². The van der Waals surface area contributed by atoms with Gasteiger partial charge in [-0.05, 0) is 18.6 Å². The number of nitro benzene ring substituents is 1. The average Bonchev–Trinajstić information content (AvgIpc) is 2.43. The number of carbonyl (C=O) groups excluding carboxylic acids is 1. The summed E-state index contributed by atoms with van der Waals surface area (Å²) in [7, 11) is 0. The van der Waals surface area contributed by atoms with Crippen LogP contribution in [-0.2, 0) is 4.79 Å². The van der Waals surface area contributed by atoms with Gasteiger partial charge in [0.25, 0.3) is 5.69 Å². The fourth-order valence-corrected chi connectivity index (χ4v) is 1.31. The summed E-state index contributed by atoms with van der Waals surface area (Å²) in [4.78, 5) is 21.5. The van der Waals surface area contributed by atoms with Crippen molar-refractivity contribution in [3.8, 4) is 0 Å². The molecule has 1 unspecified atom stereocenters. The number of benzene rings is 1. The van der Waals surface area contributed by atoms with Crippen LogP contribution < -0.4 is 5.32 Å². The molecular formula is C13H16N2O5. The number of rotatable bonds is 6. The zero-order valence-corrected chi connectivity index (χ0v) is 10.9. The Labute approximate surface area is 115 Å². The quantitative estimate of drug-likeness (QED) is 0.398. The van der Waals surface area contributed by atoms with Gasteiger partial charge in [-0.1, -0.05) is 12.1 Å². The van der Waals surface area contributed by atoms with Gasteiger partial charge < -0.3 is 15.5 Å². The van der Waals surface area contributed by atoms with Crippen LogP contribution in [0.5, 0.6) is 0 Å². The molecule has 1 aromatic carbocycles. The number of amides is 1. The highest BCUT2D eigenvalue weighted by atomic mass is 16.6. The van der Waals surface area contributed by atoms with Gasteiger partial charge in [-0.15, -0.1) is 0 Å². The first-order chi connectivity index (χ1) is 9.34. The summed E-state index contributed by atoms with van der Waals surface area (Å²) in [5.74, 6) is -0.467. The molecule has 0 aliphatic rings. The summed E-state index contributed by atoms with van der Waals surface area (Å²) in [6.45, 7) is 0.820. The number of nitrogens with zero attached hydrogens (tertiary/aromatic N) is 1. The van der Waals surface area contributed by atoms with E-state index in [4.69, 9.17) is 5.11 Å². The van der Waals surface area contributed by atoms with Crippen LogP contribution in [0.3, 0.4) is 0 Å². The van der Waals surface area contributed by atoms with E-state index in [0.717, 1.165) is 0 Å². The molecule has 7 nitrogen and oxygen atoms in total. The van der Waals surface area contributed by atoms with Gasteiger partial charge in [0.2, 0.25) is 5.91 Å². The molecule has 1 aromatic rings. The van der Waals surface area contributed by atoms with Crippen molar-refractivity contribution in [1.82, 2.24) is 5.32 Å². The smallest absolute Gasteiger partial charge is 0.270 e. The highest BCUT2D eigenvalue weighted by Crippen LogP contribution is 2.13. The van der Waals surface area contributed by atoms with Gasteiger partial charge in [-0.25, -0.2) is 0 Å². The molecule has 0 saturated heterocycles. The summed E-state index contributed by atoms with van der Waals surface area (Å²) in [6.07, 6.45) is 2.63. The molecule has 0 fully saturated rings. The second kappa shape index (κ2) is 6.78. The molecule has 108 valence electrons. The van der Waals surface area contributed by atoms with Gasteiger partial charge in [-0.3, -0.25) is 14.9 Å². The largest absolute Gasteiger partial charge is 0.393 e. The van der Waals surface area contributed by atoms with Crippen molar-refractivity contribution in [2.75, 3.05) is 13.2 Å². The summed E-state index contributed by atoms with van der Waals surface area (Å²) in [5, 5.41) is 31.3. The van der Waals surface area contributed by atoms with Crippen molar-refractivity contribution in [3.63, 3.8) is 0 Å². The van der Waals surface area contributed by atoms with Gasteiger partial charge in [0.15, 0.2) is 0 Å². The van der Waals surface area contributed by atoms with Gasteiger partial charge in [0, 0.05) is 24.8 Å². The third-order valence-electron chi connectivity index (χ3n) is 2.49. The van der Waals surface area contributed by atoms with E-state index >= 15 is 0 Å². The Balaban J connectivity index is 2.61. The average molecular weight is 280 g/mol. The Kier molecular flexibility index (Phi) is 5.36. The molecule has 20 heavy (non-hydrogen) atoms. The number of aliphatic hydroxyl groups is 2. The van der Waals surface area contributed by atoms with Crippen LogP contribution in [0.4, 0.5) is 5.69 Å². The molecule has 1 amide bonds. The Morgan fingerprint density at radius 1 is 1.55 bits per heavy atom. The van der Waals surface area contributed by atoms with Crippen LogP contribution in [0.2, 0.25) is 0 Å². The maximum absolute atomic E-state index is 11.5. The number of aliphatic hydroxyl groups excluding tert-OH is 1. The molecule has 0 spiro atoms. The van der Waals surface area contributed by atoms with Crippen molar-refractivity contribution in [3.05, 3.63) is 46.0 Å². The first-order valence-electron chi connectivity index (χ1n) is 5.88. The van der Waals surface area contributed by atoms with Crippen LogP contribution in [0.15, 0.2) is 30.3 Å². The molecule has 7 heteroatoms. The van der Waals surface area contributed by atoms with Crippen molar-refractivity contribution in [2.24, 2.45) is 0 Å². The highest BCUT2D eigenvalue weighted by molar-refractivity contribution is 5.91. The molecule has 0 aliphatic heterocycles. The zero-order chi connectivity index (χ0) is 15.2. The Hall–Kier alpha value is -2.25. The molecular weight excluding hydrogens is 264 g/mol. The number of hydrogen-bond donors (Lipinski definition) is 3. The minimum atomic E-state index is -1.38. The number of non-ortho nitro benzene ring substituents is 1. The Morgan fingerprint density at radius 2 is 2.25 bits per heavy atom. The van der Waals surface area contributed by atoms with Crippen LogP contribution in [0.25, 0.3) is 6.08 Å². The molecule has 0 saturated carbocycles. The first kappa shape index (κ1) is 15.8. The summed E-state index contributed by atoms with van der Waals surface area (Å²) in [5.41, 5.74) is -0.922. The monoisotopic (exact) mass is 280 g/mol. The topological polar surface area (TPSA) is 113 Å². The van der Waals surface area contributed by atoms with Crippen LogP contribution >= 0.6 is 0 Å². The Morgan fingerprint density at radius 3 is 2.85 bits per heavy atom. The third kappa shape index (κ3) is 5.17. The third-order valence-corrected chi connectivity index (χ3v) is 2.49. The standard InChI is InChI=1S/C13H16N2O5/c1-13(18,9-16)8-14-12(17)6-5-10-3-2-4-11(7-10)15(19)20/h2-7,16,18H,8-9H2,1H3,(H,14,17). The molecule has 0 aromatic heterocycles. The lowest BCUT2D eigenvalue weighted by Crippen LogP contribution is -2.42. The van der Waals surface area contributed by atoms with Crippen LogP contribution in [-0.4, -0.2) is 39.8 Å². The van der Waals surface area contributed by atoms with E-state index < -0.39 is 23.0 Å². The second-order valence-corrected chi connectivity index (χ2v) is 4.56. The van der Waals surface area contributed by atoms with Gasteiger partial charge in [-0.2, -0.15) is 0 Å². The lowest BCUT2D eigenvalue weighted by Gasteiger charge is -2.19. The minimum absolute atomic E-state index is 0.0595. The van der Waals surface area contributed by atoms with Gasteiger partial charge >= 0.3 is 0 Å². The molecule has 1 atom stereocenters. The number of hydrogen-bond acceptors (Lipinski definition) is 5. The van der Waals surface area contributed by atoms with Gasteiger partial charge in [0.05, 0.1) is 11.5 Å². The summed E-state index contributed by atoms with van der Waals surface area (Å²) in [6, 6.07) is 5.84. The lowest BCUT2D eigenvalue weighted by molar-refractivity contribution is -0.384. The van der Waals surface area contributed by atoms with E-state index in [0.29, 0.717) is 5.56 Å². The predicted molar refractivity (Wildman–Crippen MR) is 72.8 cm³/mol. The van der Waals surface area contributed by atoms with Crippen LogP contribution in [0, 0.1) is 10.1 Å². The first-order valence-corrected chi connectivity index (χ1v) is 5.88. The molecule has 0 aliphatic carbocycles. The molecule has 0 heterocycles. The molecule has 0 bridgehead atoms. The van der Waals surface area contributed by atoms with E-state index in [1.54, 1.807) is 6.07 Å². The normalized spacial score (nSPS) is 13.9. The van der Waals surface area contributed by atoms with E-state index in [1.807, 2.05) is 0 Å². The van der Waals surface area contributed by atoms with Crippen molar-refractivity contribution in [2.45, 2.75) is 12.5 Å². The zero-order valence-electron chi connectivity index (χ0n) is 10.9. The number of carbonyl (C=O) groups is 1. The fraction of sp³-hybridized carbons (Fsp3) is 0.308. The fourth-order valence-electron chi connectivity index (χ4n) is 1.31. The highest BCUT2D eigenvalue weighted by Gasteiger charge is 2.18. The van der Waals surface area contributed by atoms with E-state index in [9.17, 15) is 20.0 Å². The predicted octanol–water partition coefficient (Wildman–Crippen LogP) is 0.467. The van der Waals surface area contributed by atoms with Crippen molar-refractivity contribution < 1.29 is 19.9 Å². The number of nitrogens with one attached hydrogen (secondary N) is 1. The maximum Gasteiger partial charge on any atom is 0.270 e. The lowest BCUT2D eigenvalue weighted by atomic mass is 10.1. The van der Waals surface area contributed by atoms with Crippen molar-refractivity contribution in [1.29, 1.82) is 0 Å². The summed E-state index contributed by atoms with van der Waals surface area (Å²) >= 11 is 0. The van der Waals surface area contributed by atoms with Gasteiger partial charge in [0.1, 0.15) is 5.60 Å². The second-order valence-electron chi connectivity index (χ2n) is 4.56. The van der Waals surface area contributed by atoms with Crippen LogP contribution in [0.1, 0.15) is 12.5 Å².